The van der Waals surface area contributed by atoms with Crippen molar-refractivity contribution in [1.82, 2.24) is 9.78 Å². The van der Waals surface area contributed by atoms with Crippen LogP contribution in [0.4, 0.5) is 0 Å². The molecule has 0 amide bonds. The van der Waals surface area contributed by atoms with Crippen LogP contribution in [0.2, 0.25) is 0 Å². The fourth-order valence-electron chi connectivity index (χ4n) is 1.78. The zero-order valence-electron chi connectivity index (χ0n) is 9.52. The Kier molecular flexibility index (Phi) is 2.59. The fraction of sp³-hybridized carbons (Fsp3) is 0.167. The van der Waals surface area contributed by atoms with Crippen molar-refractivity contribution in [3.63, 3.8) is 0 Å². The Morgan fingerprint density at radius 2 is 1.76 bits per heavy atom. The molecule has 1 heterocycles. The number of hydrogen-bond acceptors (Lipinski definition) is 2. The van der Waals surface area contributed by atoms with Crippen molar-refractivity contribution < 1.29 is 9.90 Å². The van der Waals surface area contributed by atoms with E-state index in [9.17, 15) is 9.59 Å². The predicted molar refractivity (Wildman–Crippen MR) is 62.8 cm³/mol. The largest absolute Gasteiger partial charge is 0.477 e. The van der Waals surface area contributed by atoms with Gasteiger partial charge in [-0.15, -0.1) is 0 Å². The molecular formula is C12H12N2O3. The molecule has 17 heavy (non-hydrogen) atoms. The Morgan fingerprint density at radius 1 is 1.18 bits per heavy atom. The molecule has 2 aromatic rings. The summed E-state index contributed by atoms with van der Waals surface area (Å²) in [5, 5.41) is 11.4. The van der Waals surface area contributed by atoms with Crippen LogP contribution >= 0.6 is 0 Å². The molecule has 1 aromatic heterocycles. The van der Waals surface area contributed by atoms with Crippen molar-refractivity contribution in [3.05, 3.63) is 51.4 Å². The van der Waals surface area contributed by atoms with Crippen LogP contribution in [-0.2, 0) is 0 Å². The second kappa shape index (κ2) is 3.93. The minimum atomic E-state index is -1.15. The highest BCUT2D eigenvalue weighted by atomic mass is 16.4. The minimum Gasteiger partial charge on any atom is -0.477 e. The van der Waals surface area contributed by atoms with Crippen LogP contribution in [-0.4, -0.2) is 20.9 Å². The predicted octanol–water partition coefficient (Wildman–Crippen LogP) is 1.48. The number of rotatable bonds is 2. The van der Waals surface area contributed by atoms with Crippen LogP contribution in [0.1, 0.15) is 21.6 Å². The number of carboxylic acids is 1. The molecule has 0 unspecified atom stereocenters. The van der Waals surface area contributed by atoms with Crippen LogP contribution < -0.4 is 5.56 Å². The lowest BCUT2D eigenvalue weighted by atomic mass is 10.1. The number of carbonyl (C=O) groups is 1. The van der Waals surface area contributed by atoms with E-state index < -0.39 is 5.97 Å². The van der Waals surface area contributed by atoms with E-state index in [1.54, 1.807) is 0 Å². The summed E-state index contributed by atoms with van der Waals surface area (Å²) in [6.45, 7) is 3.84. The lowest BCUT2D eigenvalue weighted by Crippen LogP contribution is -2.13. The number of aromatic nitrogens is 2. The van der Waals surface area contributed by atoms with E-state index in [0.717, 1.165) is 17.2 Å². The van der Waals surface area contributed by atoms with E-state index >= 15 is 0 Å². The van der Waals surface area contributed by atoms with Gasteiger partial charge in [-0.2, -0.15) is 0 Å². The first-order valence-corrected chi connectivity index (χ1v) is 5.11. The van der Waals surface area contributed by atoms with Crippen LogP contribution in [0.5, 0.6) is 0 Å². The summed E-state index contributed by atoms with van der Waals surface area (Å²) < 4.78 is 1.23. The molecule has 0 bridgehead atoms. The van der Waals surface area contributed by atoms with Crippen LogP contribution in [0.15, 0.2) is 29.1 Å². The molecule has 0 saturated carbocycles. The van der Waals surface area contributed by atoms with Gasteiger partial charge in [0.1, 0.15) is 5.69 Å². The molecule has 2 N–H and O–H groups in total. The van der Waals surface area contributed by atoms with Gasteiger partial charge >= 0.3 is 5.97 Å². The Hall–Kier alpha value is -2.30. The van der Waals surface area contributed by atoms with Crippen LogP contribution in [0.3, 0.4) is 0 Å². The number of aromatic carboxylic acids is 1. The highest BCUT2D eigenvalue weighted by Crippen LogP contribution is 2.11. The molecule has 2 rings (SSSR count). The highest BCUT2D eigenvalue weighted by molar-refractivity contribution is 5.85. The minimum absolute atomic E-state index is 0.117. The molecule has 0 spiro atoms. The zero-order chi connectivity index (χ0) is 12.6. The van der Waals surface area contributed by atoms with Gasteiger partial charge in [-0.1, -0.05) is 6.07 Å². The van der Waals surface area contributed by atoms with Crippen molar-refractivity contribution in [1.29, 1.82) is 0 Å². The molecule has 5 nitrogen and oxygen atoms in total. The number of nitrogens with zero attached hydrogens (tertiary/aromatic N) is 1. The maximum Gasteiger partial charge on any atom is 0.353 e. The van der Waals surface area contributed by atoms with E-state index in [2.05, 4.69) is 5.10 Å². The Balaban J connectivity index is 2.60. The van der Waals surface area contributed by atoms with Gasteiger partial charge in [-0.05, 0) is 37.1 Å². The summed E-state index contributed by atoms with van der Waals surface area (Å²) in [6, 6.07) is 6.68. The Labute approximate surface area is 97.3 Å². The maximum atomic E-state index is 11.6. The summed E-state index contributed by atoms with van der Waals surface area (Å²) in [5.41, 5.74) is 2.17. The van der Waals surface area contributed by atoms with Crippen molar-refractivity contribution in [2.75, 3.05) is 0 Å². The standard InChI is InChI=1S/C12H12N2O3/c1-7-3-8(2)5-9(4-7)14-11(15)6-10(13-14)12(16)17/h3-6,13H,1-2H3,(H,16,17). The molecule has 0 aliphatic heterocycles. The van der Waals surface area contributed by atoms with Crippen molar-refractivity contribution in [2.45, 2.75) is 13.8 Å². The molecule has 1 aromatic carbocycles. The van der Waals surface area contributed by atoms with Gasteiger partial charge in [-0.25, -0.2) is 9.48 Å². The number of carboxylic acid groups (broad SMARTS) is 1. The molecule has 88 valence electrons. The quantitative estimate of drug-likeness (QED) is 0.823. The first-order chi connectivity index (χ1) is 7.97. The van der Waals surface area contributed by atoms with Gasteiger partial charge in [0.05, 0.1) is 5.69 Å². The molecule has 0 aliphatic rings. The highest BCUT2D eigenvalue weighted by Gasteiger charge is 2.10. The molecule has 0 aliphatic carbocycles. The fourth-order valence-corrected chi connectivity index (χ4v) is 1.78. The lowest BCUT2D eigenvalue weighted by Gasteiger charge is -2.04. The van der Waals surface area contributed by atoms with E-state index in [1.165, 1.54) is 4.68 Å². The van der Waals surface area contributed by atoms with Gasteiger partial charge in [0.25, 0.3) is 5.56 Å². The van der Waals surface area contributed by atoms with Gasteiger partial charge in [0.15, 0.2) is 0 Å². The number of aromatic amines is 1. The van der Waals surface area contributed by atoms with Gasteiger partial charge in [0.2, 0.25) is 0 Å². The van der Waals surface area contributed by atoms with Crippen molar-refractivity contribution >= 4 is 5.97 Å². The maximum absolute atomic E-state index is 11.6. The van der Waals surface area contributed by atoms with Gasteiger partial charge in [0, 0.05) is 6.07 Å². The Bertz CT molecular complexity index is 617. The first kappa shape index (κ1) is 11.2. The SMILES string of the molecule is Cc1cc(C)cc(-n2[nH]c(C(=O)O)cc2=O)c1. The third-order valence-corrected chi connectivity index (χ3v) is 2.42. The number of aryl methyl sites for hydroxylation is 2. The summed E-state index contributed by atoms with van der Waals surface area (Å²) in [6.07, 6.45) is 0. The molecule has 0 atom stereocenters. The van der Waals surface area contributed by atoms with Gasteiger partial charge in [-0.3, -0.25) is 9.89 Å². The second-order valence-electron chi connectivity index (χ2n) is 3.99. The number of hydrogen-bond donors (Lipinski definition) is 2. The second-order valence-corrected chi connectivity index (χ2v) is 3.99. The third-order valence-electron chi connectivity index (χ3n) is 2.42. The van der Waals surface area contributed by atoms with E-state index in [-0.39, 0.29) is 11.3 Å². The third kappa shape index (κ3) is 2.13. The number of nitrogens with one attached hydrogen (secondary N) is 1. The summed E-state index contributed by atoms with van der Waals surface area (Å²) in [5.74, 6) is -1.15. The summed E-state index contributed by atoms with van der Waals surface area (Å²) in [7, 11) is 0. The first-order valence-electron chi connectivity index (χ1n) is 5.11. The summed E-state index contributed by atoms with van der Waals surface area (Å²) >= 11 is 0. The summed E-state index contributed by atoms with van der Waals surface area (Å²) in [4.78, 5) is 22.4. The molecule has 5 heteroatoms. The lowest BCUT2D eigenvalue weighted by molar-refractivity contribution is 0.0690. The smallest absolute Gasteiger partial charge is 0.353 e. The average molecular weight is 232 g/mol. The van der Waals surface area contributed by atoms with Crippen molar-refractivity contribution in [3.8, 4) is 5.69 Å². The van der Waals surface area contributed by atoms with E-state index in [0.29, 0.717) is 5.69 Å². The molecule has 0 radical (unpaired) electrons. The normalized spacial score (nSPS) is 10.5. The monoisotopic (exact) mass is 232 g/mol. The molecular weight excluding hydrogens is 220 g/mol. The van der Waals surface area contributed by atoms with Gasteiger partial charge < -0.3 is 5.11 Å². The topological polar surface area (TPSA) is 75.1 Å². The van der Waals surface area contributed by atoms with E-state index in [1.807, 2.05) is 32.0 Å². The van der Waals surface area contributed by atoms with E-state index in [4.69, 9.17) is 5.11 Å². The molecule has 0 saturated heterocycles. The average Bonchev–Trinajstić information content (AvgIpc) is 2.59. The zero-order valence-corrected chi connectivity index (χ0v) is 9.52. The van der Waals surface area contributed by atoms with Crippen molar-refractivity contribution in [2.24, 2.45) is 0 Å². The number of benzene rings is 1. The van der Waals surface area contributed by atoms with Crippen LogP contribution in [0, 0.1) is 13.8 Å². The number of H-pyrrole nitrogens is 1. The molecule has 0 fully saturated rings. The van der Waals surface area contributed by atoms with Crippen LogP contribution in [0.25, 0.3) is 5.69 Å². The Morgan fingerprint density at radius 3 is 2.24 bits per heavy atom.